The van der Waals surface area contributed by atoms with Crippen LogP contribution < -0.4 is 5.32 Å². The summed E-state index contributed by atoms with van der Waals surface area (Å²) in [5, 5.41) is 17.8. The van der Waals surface area contributed by atoms with Crippen LogP contribution in [0, 0.1) is 5.92 Å². The van der Waals surface area contributed by atoms with Crippen molar-refractivity contribution in [3.63, 3.8) is 0 Å². The van der Waals surface area contributed by atoms with Gasteiger partial charge in [0.05, 0.1) is 6.54 Å². The highest BCUT2D eigenvalue weighted by molar-refractivity contribution is 7.11. The predicted octanol–water partition coefficient (Wildman–Crippen LogP) is 2.57. The Balaban J connectivity index is 1.82. The molecule has 1 saturated carbocycles. The van der Waals surface area contributed by atoms with Crippen LogP contribution in [0.5, 0.6) is 0 Å². The molecular formula is C14H15NO2S2. The number of hydrogen-bond acceptors (Lipinski definition) is 4. The van der Waals surface area contributed by atoms with Gasteiger partial charge in [0.2, 0.25) is 5.91 Å². The highest BCUT2D eigenvalue weighted by Gasteiger charge is 2.36. The molecular weight excluding hydrogens is 278 g/mol. The van der Waals surface area contributed by atoms with E-state index in [1.165, 1.54) is 22.7 Å². The van der Waals surface area contributed by atoms with Gasteiger partial charge in [-0.05, 0) is 35.7 Å². The van der Waals surface area contributed by atoms with Crippen molar-refractivity contribution >= 4 is 28.6 Å². The molecule has 0 saturated heterocycles. The first-order valence-corrected chi connectivity index (χ1v) is 8.04. The van der Waals surface area contributed by atoms with E-state index >= 15 is 0 Å². The van der Waals surface area contributed by atoms with Crippen LogP contribution in [0.1, 0.15) is 22.6 Å². The second kappa shape index (κ2) is 5.07. The van der Waals surface area contributed by atoms with Crippen LogP contribution in [0.25, 0.3) is 0 Å². The highest BCUT2D eigenvalue weighted by atomic mass is 32.1. The quantitative estimate of drug-likeness (QED) is 0.890. The number of thiophene rings is 2. The van der Waals surface area contributed by atoms with Crippen LogP contribution in [0.3, 0.4) is 0 Å². The molecule has 2 N–H and O–H groups in total. The number of aliphatic hydroxyl groups is 1. The Morgan fingerprint density at radius 3 is 2.26 bits per heavy atom. The minimum atomic E-state index is -1.10. The van der Waals surface area contributed by atoms with Gasteiger partial charge in [-0.1, -0.05) is 12.1 Å². The molecule has 1 amide bonds. The fraction of sp³-hybridized carbons (Fsp3) is 0.357. The van der Waals surface area contributed by atoms with E-state index in [2.05, 4.69) is 5.32 Å². The van der Waals surface area contributed by atoms with Gasteiger partial charge in [0.25, 0.3) is 0 Å². The number of carbonyl (C=O) groups is 1. The number of rotatable bonds is 5. The van der Waals surface area contributed by atoms with Crippen LogP contribution in [0.4, 0.5) is 0 Å². The molecule has 1 fully saturated rings. The fourth-order valence-electron chi connectivity index (χ4n) is 2.03. The molecule has 0 aliphatic heterocycles. The number of nitrogens with one attached hydrogen (secondary N) is 1. The normalized spacial score (nSPS) is 15.4. The second-order valence-corrected chi connectivity index (χ2v) is 6.70. The van der Waals surface area contributed by atoms with Crippen molar-refractivity contribution < 1.29 is 9.90 Å². The monoisotopic (exact) mass is 293 g/mol. The van der Waals surface area contributed by atoms with Gasteiger partial charge in [0, 0.05) is 15.7 Å². The van der Waals surface area contributed by atoms with E-state index in [1.54, 1.807) is 0 Å². The molecule has 2 aromatic heterocycles. The number of carbonyl (C=O) groups excluding carboxylic acids is 1. The zero-order valence-electron chi connectivity index (χ0n) is 10.3. The van der Waals surface area contributed by atoms with Crippen LogP contribution in [0.15, 0.2) is 35.0 Å². The third-order valence-electron chi connectivity index (χ3n) is 3.32. The Hall–Kier alpha value is -1.17. The molecule has 3 rings (SSSR count). The Labute approximate surface area is 119 Å². The molecule has 0 spiro atoms. The van der Waals surface area contributed by atoms with E-state index < -0.39 is 5.60 Å². The summed E-state index contributed by atoms with van der Waals surface area (Å²) in [6.45, 7) is 0.239. The Morgan fingerprint density at radius 2 is 1.84 bits per heavy atom. The van der Waals surface area contributed by atoms with E-state index in [0.29, 0.717) is 0 Å². The minimum Gasteiger partial charge on any atom is -0.377 e. The standard InChI is InChI=1S/C14H15NO2S2/c16-13(10-5-6-10)15-9-14(17,11-3-1-7-18-11)12-4-2-8-19-12/h1-4,7-8,10,17H,5-6,9H2,(H,15,16). The molecule has 0 radical (unpaired) electrons. The first-order valence-electron chi connectivity index (χ1n) is 6.28. The van der Waals surface area contributed by atoms with Crippen LogP contribution in [-0.4, -0.2) is 17.6 Å². The van der Waals surface area contributed by atoms with Gasteiger partial charge in [0.1, 0.15) is 5.60 Å². The average Bonchev–Trinajstić information content (AvgIpc) is 2.93. The molecule has 0 aromatic carbocycles. The molecule has 100 valence electrons. The lowest BCUT2D eigenvalue weighted by molar-refractivity contribution is -0.123. The SMILES string of the molecule is O=C(NCC(O)(c1cccs1)c1cccs1)C1CC1. The smallest absolute Gasteiger partial charge is 0.223 e. The molecule has 3 nitrogen and oxygen atoms in total. The molecule has 0 bridgehead atoms. The lowest BCUT2D eigenvalue weighted by Crippen LogP contribution is -2.41. The summed E-state index contributed by atoms with van der Waals surface area (Å²) < 4.78 is 0. The van der Waals surface area contributed by atoms with Gasteiger partial charge in [-0.3, -0.25) is 4.79 Å². The lowest BCUT2D eigenvalue weighted by Gasteiger charge is -2.26. The maximum atomic E-state index is 11.8. The molecule has 5 heteroatoms. The van der Waals surface area contributed by atoms with Crippen LogP contribution in [0.2, 0.25) is 0 Å². The zero-order chi connectivity index (χ0) is 13.3. The van der Waals surface area contributed by atoms with Crippen molar-refractivity contribution in [2.24, 2.45) is 5.92 Å². The van der Waals surface area contributed by atoms with Crippen molar-refractivity contribution in [3.05, 3.63) is 44.8 Å². The third-order valence-corrected chi connectivity index (χ3v) is 5.37. The zero-order valence-corrected chi connectivity index (χ0v) is 12.0. The Bertz CT molecular complexity index is 510. The van der Waals surface area contributed by atoms with Crippen molar-refractivity contribution in [1.82, 2.24) is 5.32 Å². The third kappa shape index (κ3) is 2.59. The van der Waals surface area contributed by atoms with Crippen LogP contribution >= 0.6 is 22.7 Å². The molecule has 19 heavy (non-hydrogen) atoms. The maximum Gasteiger partial charge on any atom is 0.223 e. The molecule has 2 heterocycles. The van der Waals surface area contributed by atoms with Crippen LogP contribution in [-0.2, 0) is 10.4 Å². The Morgan fingerprint density at radius 1 is 1.26 bits per heavy atom. The summed E-state index contributed by atoms with van der Waals surface area (Å²) in [6.07, 6.45) is 1.95. The fourth-order valence-corrected chi connectivity index (χ4v) is 3.77. The minimum absolute atomic E-state index is 0.0616. The predicted molar refractivity (Wildman–Crippen MR) is 77.4 cm³/mol. The summed E-state index contributed by atoms with van der Waals surface area (Å²) >= 11 is 3.02. The van der Waals surface area contributed by atoms with Crippen molar-refractivity contribution in [2.75, 3.05) is 6.54 Å². The van der Waals surface area contributed by atoms with Crippen molar-refractivity contribution in [1.29, 1.82) is 0 Å². The van der Waals surface area contributed by atoms with E-state index in [4.69, 9.17) is 0 Å². The number of amides is 1. The van der Waals surface area contributed by atoms with E-state index in [-0.39, 0.29) is 18.4 Å². The van der Waals surface area contributed by atoms with Crippen molar-refractivity contribution in [3.8, 4) is 0 Å². The summed E-state index contributed by atoms with van der Waals surface area (Å²) in [6, 6.07) is 7.66. The van der Waals surface area contributed by atoms with Gasteiger partial charge in [-0.2, -0.15) is 0 Å². The molecule has 0 unspecified atom stereocenters. The molecule has 1 aliphatic rings. The first kappa shape index (κ1) is 12.8. The van der Waals surface area contributed by atoms with Gasteiger partial charge in [-0.25, -0.2) is 0 Å². The maximum absolute atomic E-state index is 11.8. The highest BCUT2D eigenvalue weighted by Crippen LogP contribution is 2.35. The van der Waals surface area contributed by atoms with Gasteiger partial charge >= 0.3 is 0 Å². The van der Waals surface area contributed by atoms with Crippen molar-refractivity contribution in [2.45, 2.75) is 18.4 Å². The average molecular weight is 293 g/mol. The molecule has 2 aromatic rings. The van der Waals surface area contributed by atoms with E-state index in [9.17, 15) is 9.90 Å². The van der Waals surface area contributed by atoms with Gasteiger partial charge in [0.15, 0.2) is 0 Å². The summed E-state index contributed by atoms with van der Waals surface area (Å²) in [5.74, 6) is 0.224. The summed E-state index contributed by atoms with van der Waals surface area (Å²) in [5.41, 5.74) is -1.10. The summed E-state index contributed by atoms with van der Waals surface area (Å²) in [7, 11) is 0. The number of hydrogen-bond donors (Lipinski definition) is 2. The molecule has 0 atom stereocenters. The topological polar surface area (TPSA) is 49.3 Å². The summed E-state index contributed by atoms with van der Waals surface area (Å²) in [4.78, 5) is 13.5. The first-order chi connectivity index (χ1) is 9.20. The van der Waals surface area contributed by atoms with E-state index in [0.717, 1.165) is 22.6 Å². The van der Waals surface area contributed by atoms with Gasteiger partial charge < -0.3 is 10.4 Å². The lowest BCUT2D eigenvalue weighted by atomic mass is 9.99. The van der Waals surface area contributed by atoms with E-state index in [1.807, 2.05) is 35.0 Å². The second-order valence-electron chi connectivity index (χ2n) is 4.81. The molecule has 1 aliphatic carbocycles. The van der Waals surface area contributed by atoms with Gasteiger partial charge in [-0.15, -0.1) is 22.7 Å². The largest absolute Gasteiger partial charge is 0.377 e. The Kier molecular flexibility index (Phi) is 3.43.